The number of carbonyl (C=O) groups is 2. The van der Waals surface area contributed by atoms with E-state index in [1.54, 1.807) is 12.4 Å². The van der Waals surface area contributed by atoms with E-state index in [2.05, 4.69) is 31.0 Å². The zero-order valence-electron chi connectivity index (χ0n) is 19.4. The Kier molecular flexibility index (Phi) is 8.37. The van der Waals surface area contributed by atoms with E-state index < -0.39 is 11.8 Å². The normalized spacial score (nSPS) is 11.6. The third kappa shape index (κ3) is 6.77. The van der Waals surface area contributed by atoms with Gasteiger partial charge in [-0.1, -0.05) is 72.8 Å². The van der Waals surface area contributed by atoms with Crippen LogP contribution in [0.4, 0.5) is 0 Å². The first-order valence-electron chi connectivity index (χ1n) is 11.4. The number of benzene rings is 2. The summed E-state index contributed by atoms with van der Waals surface area (Å²) in [6.07, 6.45) is 3.21. The molecule has 36 heavy (non-hydrogen) atoms. The number of rotatable bonds is 9. The number of hydrogen-bond acceptors (Lipinski definition) is 6. The van der Waals surface area contributed by atoms with Crippen molar-refractivity contribution in [2.45, 2.75) is 12.8 Å². The lowest BCUT2D eigenvalue weighted by Crippen LogP contribution is -2.25. The average molecular weight is 477 g/mol. The SMILES string of the molecule is O=C(CCC(=O)N/N=C(\c1ccccc1)c1ccccn1)N/N=C(\c1ccccc1)c1ccccn1. The number of amides is 2. The first-order valence-corrected chi connectivity index (χ1v) is 11.4. The molecule has 8 heteroatoms. The van der Waals surface area contributed by atoms with Gasteiger partial charge in [-0.05, 0) is 24.3 Å². The number of hydrogen-bond donors (Lipinski definition) is 2. The Morgan fingerprint density at radius 1 is 0.556 bits per heavy atom. The van der Waals surface area contributed by atoms with Crippen LogP contribution in [0.25, 0.3) is 0 Å². The predicted molar refractivity (Wildman–Crippen MR) is 138 cm³/mol. The molecule has 178 valence electrons. The van der Waals surface area contributed by atoms with Gasteiger partial charge in [-0.25, -0.2) is 10.9 Å². The largest absolute Gasteiger partial charge is 0.273 e. The Morgan fingerprint density at radius 2 is 0.944 bits per heavy atom. The summed E-state index contributed by atoms with van der Waals surface area (Å²) in [5.74, 6) is -0.794. The molecule has 2 N–H and O–H groups in total. The molecule has 0 saturated heterocycles. The van der Waals surface area contributed by atoms with Gasteiger partial charge in [0.2, 0.25) is 11.8 Å². The molecule has 0 aliphatic carbocycles. The highest BCUT2D eigenvalue weighted by Gasteiger charge is 2.12. The number of pyridine rings is 2. The van der Waals surface area contributed by atoms with Gasteiger partial charge in [-0.2, -0.15) is 10.2 Å². The summed E-state index contributed by atoms with van der Waals surface area (Å²) in [4.78, 5) is 33.5. The molecule has 0 saturated carbocycles. The number of nitrogens with zero attached hydrogens (tertiary/aromatic N) is 4. The number of carbonyl (C=O) groups excluding carboxylic acids is 2. The summed E-state index contributed by atoms with van der Waals surface area (Å²) >= 11 is 0. The summed E-state index contributed by atoms with van der Waals surface area (Å²) in [5.41, 5.74) is 9.00. The molecule has 0 radical (unpaired) electrons. The second-order valence-corrected chi connectivity index (χ2v) is 7.65. The smallest absolute Gasteiger partial charge is 0.240 e. The van der Waals surface area contributed by atoms with Crippen molar-refractivity contribution >= 4 is 23.2 Å². The van der Waals surface area contributed by atoms with Crippen molar-refractivity contribution in [3.63, 3.8) is 0 Å². The molecule has 0 unspecified atom stereocenters. The van der Waals surface area contributed by atoms with Gasteiger partial charge >= 0.3 is 0 Å². The van der Waals surface area contributed by atoms with Crippen molar-refractivity contribution in [2.24, 2.45) is 10.2 Å². The van der Waals surface area contributed by atoms with Crippen molar-refractivity contribution in [3.8, 4) is 0 Å². The Morgan fingerprint density at radius 3 is 1.31 bits per heavy atom. The predicted octanol–water partition coefficient (Wildman–Crippen LogP) is 3.69. The van der Waals surface area contributed by atoms with Crippen LogP contribution in [0.15, 0.2) is 120 Å². The standard InChI is InChI=1S/C28H24N6O2/c35-25(31-33-27(21-11-3-1-4-12-21)23-15-7-9-19-29-23)17-18-26(36)32-34-28(22-13-5-2-6-14-22)24-16-8-10-20-30-24/h1-16,19-20H,17-18H2,(H,31,35)(H,32,36)/b33-27+,34-28+. The first-order chi connectivity index (χ1) is 17.7. The molecule has 2 aromatic heterocycles. The second-order valence-electron chi connectivity index (χ2n) is 7.65. The molecule has 2 heterocycles. The molecule has 0 atom stereocenters. The Bertz CT molecular complexity index is 1150. The number of hydrazone groups is 2. The van der Waals surface area contributed by atoms with Gasteiger partial charge in [0.15, 0.2) is 0 Å². The van der Waals surface area contributed by atoms with Crippen LogP contribution in [-0.2, 0) is 9.59 Å². The minimum Gasteiger partial charge on any atom is -0.273 e. The highest BCUT2D eigenvalue weighted by Crippen LogP contribution is 2.09. The second kappa shape index (κ2) is 12.5. The van der Waals surface area contributed by atoms with Crippen molar-refractivity contribution < 1.29 is 9.59 Å². The Hall–Kier alpha value is -4.98. The molecule has 0 aliphatic heterocycles. The van der Waals surface area contributed by atoms with Gasteiger partial charge in [0.05, 0.1) is 11.4 Å². The lowest BCUT2D eigenvalue weighted by molar-refractivity contribution is -0.126. The van der Waals surface area contributed by atoms with E-state index in [0.29, 0.717) is 22.8 Å². The fourth-order valence-corrected chi connectivity index (χ4v) is 3.31. The quantitative estimate of drug-likeness (QED) is 0.284. The van der Waals surface area contributed by atoms with Crippen molar-refractivity contribution in [1.29, 1.82) is 0 Å². The van der Waals surface area contributed by atoms with Gasteiger partial charge in [0, 0.05) is 36.4 Å². The summed E-state index contributed by atoms with van der Waals surface area (Å²) < 4.78 is 0. The third-order valence-electron chi connectivity index (χ3n) is 5.07. The molecule has 0 fully saturated rings. The lowest BCUT2D eigenvalue weighted by Gasteiger charge is -2.08. The van der Waals surface area contributed by atoms with Crippen LogP contribution in [0.5, 0.6) is 0 Å². The monoisotopic (exact) mass is 476 g/mol. The van der Waals surface area contributed by atoms with E-state index in [1.165, 1.54) is 0 Å². The van der Waals surface area contributed by atoms with Crippen LogP contribution < -0.4 is 10.9 Å². The number of aromatic nitrogens is 2. The van der Waals surface area contributed by atoms with E-state index in [4.69, 9.17) is 0 Å². The van der Waals surface area contributed by atoms with E-state index in [9.17, 15) is 9.59 Å². The van der Waals surface area contributed by atoms with Crippen LogP contribution in [-0.4, -0.2) is 33.2 Å². The molecule has 0 bridgehead atoms. The van der Waals surface area contributed by atoms with E-state index >= 15 is 0 Å². The maximum atomic E-state index is 12.4. The Balaban J connectivity index is 1.39. The van der Waals surface area contributed by atoms with E-state index in [-0.39, 0.29) is 12.8 Å². The number of nitrogens with one attached hydrogen (secondary N) is 2. The maximum absolute atomic E-state index is 12.4. The van der Waals surface area contributed by atoms with Gasteiger partial charge in [0.1, 0.15) is 11.4 Å². The van der Waals surface area contributed by atoms with E-state index in [0.717, 1.165) is 11.1 Å². The highest BCUT2D eigenvalue weighted by molar-refractivity contribution is 6.12. The van der Waals surface area contributed by atoms with Crippen LogP contribution in [0.1, 0.15) is 35.4 Å². The fraction of sp³-hybridized carbons (Fsp3) is 0.0714. The molecule has 0 spiro atoms. The van der Waals surface area contributed by atoms with Crippen molar-refractivity contribution in [1.82, 2.24) is 20.8 Å². The van der Waals surface area contributed by atoms with Crippen molar-refractivity contribution in [2.75, 3.05) is 0 Å². The van der Waals surface area contributed by atoms with Gasteiger partial charge in [0.25, 0.3) is 0 Å². The third-order valence-corrected chi connectivity index (χ3v) is 5.07. The van der Waals surface area contributed by atoms with E-state index in [1.807, 2.05) is 97.1 Å². The molecule has 2 amide bonds. The topological polar surface area (TPSA) is 109 Å². The molecule has 4 rings (SSSR count). The van der Waals surface area contributed by atoms with Crippen LogP contribution in [0.2, 0.25) is 0 Å². The van der Waals surface area contributed by atoms with Crippen LogP contribution in [0, 0.1) is 0 Å². The van der Waals surface area contributed by atoms with Gasteiger partial charge in [-0.3, -0.25) is 19.6 Å². The zero-order valence-corrected chi connectivity index (χ0v) is 19.4. The lowest BCUT2D eigenvalue weighted by atomic mass is 10.1. The minimum absolute atomic E-state index is 0.0562. The molecular weight excluding hydrogens is 452 g/mol. The van der Waals surface area contributed by atoms with Crippen LogP contribution >= 0.6 is 0 Å². The summed E-state index contributed by atoms with van der Waals surface area (Å²) in [7, 11) is 0. The highest BCUT2D eigenvalue weighted by atomic mass is 16.2. The average Bonchev–Trinajstić information content (AvgIpc) is 2.94. The molecule has 2 aromatic carbocycles. The maximum Gasteiger partial charge on any atom is 0.240 e. The van der Waals surface area contributed by atoms with Gasteiger partial charge < -0.3 is 0 Å². The summed E-state index contributed by atoms with van der Waals surface area (Å²) in [6.45, 7) is 0. The van der Waals surface area contributed by atoms with Crippen LogP contribution in [0.3, 0.4) is 0 Å². The molecule has 8 nitrogen and oxygen atoms in total. The van der Waals surface area contributed by atoms with Crippen molar-refractivity contribution in [3.05, 3.63) is 132 Å². The van der Waals surface area contributed by atoms with Gasteiger partial charge in [-0.15, -0.1) is 0 Å². The summed E-state index contributed by atoms with van der Waals surface area (Å²) in [5, 5.41) is 8.57. The summed E-state index contributed by atoms with van der Waals surface area (Å²) in [6, 6.07) is 29.8. The minimum atomic E-state index is -0.397. The first kappa shape index (κ1) is 24.2. The Labute approximate surface area is 208 Å². The molecule has 0 aliphatic rings. The fourth-order valence-electron chi connectivity index (χ4n) is 3.31. The molecular formula is C28H24N6O2. The molecule has 4 aromatic rings. The zero-order chi connectivity index (χ0) is 25.0.